The normalized spacial score (nSPS) is 16.3. The molecule has 0 saturated carbocycles. The summed E-state index contributed by atoms with van der Waals surface area (Å²) < 4.78 is 2.14. The number of likely N-dealkylation sites (tertiary alicyclic amines) is 1. The Bertz CT molecular complexity index is 964. The Hall–Kier alpha value is -2.89. The lowest BCUT2D eigenvalue weighted by Gasteiger charge is -2.40. The highest BCUT2D eigenvalue weighted by atomic mass is 16.2. The van der Waals surface area contributed by atoms with Gasteiger partial charge in [-0.25, -0.2) is 4.98 Å². The third kappa shape index (κ3) is 2.13. The van der Waals surface area contributed by atoms with Crippen LogP contribution in [-0.4, -0.2) is 43.6 Å². The first-order valence-corrected chi connectivity index (χ1v) is 8.66. The smallest absolute Gasteiger partial charge is 0.272 e. The van der Waals surface area contributed by atoms with E-state index in [4.69, 9.17) is 0 Å². The standard InChI is InChI=1S/C19H19N5O/c1-12-20-8-9-24(12)14-10-23(11-14)19(25)18-16-7-6-13-4-2-3-5-15(13)17(16)21-22-18/h2-5,8-9,14H,6-7,10-11H2,1H3,(H,21,22). The second kappa shape index (κ2) is 5.31. The van der Waals surface area contributed by atoms with Crippen molar-refractivity contribution in [3.63, 3.8) is 0 Å². The predicted molar refractivity (Wildman–Crippen MR) is 93.3 cm³/mol. The number of amides is 1. The van der Waals surface area contributed by atoms with Crippen LogP contribution in [0.25, 0.3) is 11.3 Å². The van der Waals surface area contributed by atoms with Crippen molar-refractivity contribution in [3.05, 3.63) is 59.3 Å². The summed E-state index contributed by atoms with van der Waals surface area (Å²) >= 11 is 0. The molecule has 3 aromatic rings. The van der Waals surface area contributed by atoms with Gasteiger partial charge < -0.3 is 9.47 Å². The molecule has 1 aliphatic carbocycles. The number of hydrogen-bond donors (Lipinski definition) is 1. The van der Waals surface area contributed by atoms with Crippen molar-refractivity contribution in [2.45, 2.75) is 25.8 Å². The van der Waals surface area contributed by atoms with E-state index in [1.807, 2.05) is 30.3 Å². The molecule has 1 amide bonds. The second-order valence-corrected chi connectivity index (χ2v) is 6.83. The van der Waals surface area contributed by atoms with Gasteiger partial charge in [0.2, 0.25) is 0 Å². The Kier molecular flexibility index (Phi) is 3.07. The highest BCUT2D eigenvalue weighted by Crippen LogP contribution is 2.34. The van der Waals surface area contributed by atoms with Crippen molar-refractivity contribution >= 4 is 5.91 Å². The van der Waals surface area contributed by atoms with E-state index in [-0.39, 0.29) is 5.91 Å². The molecule has 3 heterocycles. The summed E-state index contributed by atoms with van der Waals surface area (Å²) in [6, 6.07) is 8.63. The summed E-state index contributed by atoms with van der Waals surface area (Å²) in [5, 5.41) is 7.46. The van der Waals surface area contributed by atoms with Crippen LogP contribution in [-0.2, 0) is 12.8 Å². The number of benzene rings is 1. The molecule has 0 bridgehead atoms. The van der Waals surface area contributed by atoms with Crippen LogP contribution in [0.4, 0.5) is 0 Å². The summed E-state index contributed by atoms with van der Waals surface area (Å²) in [6.45, 7) is 3.44. The zero-order valence-electron chi connectivity index (χ0n) is 14.1. The molecule has 1 saturated heterocycles. The largest absolute Gasteiger partial charge is 0.333 e. The number of H-pyrrole nitrogens is 1. The minimum Gasteiger partial charge on any atom is -0.333 e. The van der Waals surface area contributed by atoms with Crippen LogP contribution >= 0.6 is 0 Å². The molecule has 2 aliphatic rings. The van der Waals surface area contributed by atoms with Gasteiger partial charge in [-0.1, -0.05) is 24.3 Å². The predicted octanol–water partition coefficient (Wildman–Crippen LogP) is 2.38. The Morgan fingerprint density at radius 3 is 2.88 bits per heavy atom. The molecule has 0 atom stereocenters. The van der Waals surface area contributed by atoms with Gasteiger partial charge in [0.05, 0.1) is 11.7 Å². The van der Waals surface area contributed by atoms with E-state index in [0.29, 0.717) is 11.7 Å². The summed E-state index contributed by atoms with van der Waals surface area (Å²) in [7, 11) is 0. The van der Waals surface area contributed by atoms with Crippen LogP contribution in [0.15, 0.2) is 36.7 Å². The van der Waals surface area contributed by atoms with Crippen LogP contribution in [0.3, 0.4) is 0 Å². The highest BCUT2D eigenvalue weighted by Gasteiger charge is 2.35. The van der Waals surface area contributed by atoms with Crippen molar-refractivity contribution in [1.82, 2.24) is 24.6 Å². The molecule has 6 nitrogen and oxygen atoms in total. The van der Waals surface area contributed by atoms with Gasteiger partial charge in [0, 0.05) is 36.6 Å². The van der Waals surface area contributed by atoms with E-state index in [2.05, 4.69) is 37.9 Å². The maximum absolute atomic E-state index is 12.9. The molecule has 1 aromatic carbocycles. The lowest BCUT2D eigenvalue weighted by atomic mass is 9.89. The summed E-state index contributed by atoms with van der Waals surface area (Å²) in [4.78, 5) is 19.1. The number of fused-ring (bicyclic) bond motifs is 3. The van der Waals surface area contributed by atoms with Crippen LogP contribution in [0.2, 0.25) is 0 Å². The van der Waals surface area contributed by atoms with Gasteiger partial charge in [0.25, 0.3) is 5.91 Å². The number of imidazole rings is 1. The maximum atomic E-state index is 12.9. The molecule has 5 rings (SSSR count). The molecule has 25 heavy (non-hydrogen) atoms. The third-order valence-corrected chi connectivity index (χ3v) is 5.40. The van der Waals surface area contributed by atoms with Gasteiger partial charge in [0.1, 0.15) is 11.5 Å². The van der Waals surface area contributed by atoms with E-state index in [9.17, 15) is 4.79 Å². The molecular formula is C19H19N5O. The first kappa shape index (κ1) is 14.5. The molecular weight excluding hydrogens is 314 g/mol. The Balaban J connectivity index is 1.39. The second-order valence-electron chi connectivity index (χ2n) is 6.83. The number of hydrogen-bond acceptors (Lipinski definition) is 3. The monoisotopic (exact) mass is 333 g/mol. The van der Waals surface area contributed by atoms with E-state index >= 15 is 0 Å². The van der Waals surface area contributed by atoms with Crippen molar-refractivity contribution in [2.24, 2.45) is 0 Å². The molecule has 6 heteroatoms. The Morgan fingerprint density at radius 2 is 2.08 bits per heavy atom. The molecule has 1 aliphatic heterocycles. The Morgan fingerprint density at radius 1 is 1.24 bits per heavy atom. The fraction of sp³-hybridized carbons (Fsp3) is 0.316. The van der Waals surface area contributed by atoms with Crippen molar-refractivity contribution < 1.29 is 4.79 Å². The molecule has 0 unspecified atom stereocenters. The fourth-order valence-corrected chi connectivity index (χ4v) is 3.97. The van der Waals surface area contributed by atoms with Gasteiger partial charge in [-0.15, -0.1) is 0 Å². The van der Waals surface area contributed by atoms with Crippen LogP contribution in [0, 0.1) is 6.92 Å². The van der Waals surface area contributed by atoms with Crippen LogP contribution in [0.1, 0.15) is 33.5 Å². The number of nitrogens with zero attached hydrogens (tertiary/aromatic N) is 4. The number of carbonyl (C=O) groups excluding carboxylic acids is 1. The third-order valence-electron chi connectivity index (χ3n) is 5.40. The SMILES string of the molecule is Cc1nccn1C1CN(C(=O)c2[nH]nc3c2CCc2ccccc2-3)C1. The van der Waals surface area contributed by atoms with Crippen LogP contribution < -0.4 is 0 Å². The zero-order chi connectivity index (χ0) is 17.0. The highest BCUT2D eigenvalue weighted by molar-refractivity contribution is 5.96. The molecule has 0 radical (unpaired) electrons. The quantitative estimate of drug-likeness (QED) is 0.783. The first-order valence-electron chi connectivity index (χ1n) is 8.66. The van der Waals surface area contributed by atoms with E-state index in [1.54, 1.807) is 0 Å². The fourth-order valence-electron chi connectivity index (χ4n) is 3.97. The summed E-state index contributed by atoms with van der Waals surface area (Å²) in [5.74, 6) is 1.05. The molecule has 1 N–H and O–H groups in total. The van der Waals surface area contributed by atoms with Crippen molar-refractivity contribution in [3.8, 4) is 11.3 Å². The number of nitrogens with one attached hydrogen (secondary N) is 1. The van der Waals surface area contributed by atoms with Crippen molar-refractivity contribution in [2.75, 3.05) is 13.1 Å². The van der Waals surface area contributed by atoms with E-state index < -0.39 is 0 Å². The summed E-state index contributed by atoms with van der Waals surface area (Å²) in [5.41, 5.74) is 5.11. The van der Waals surface area contributed by atoms with Gasteiger partial charge in [-0.05, 0) is 25.3 Å². The zero-order valence-corrected chi connectivity index (χ0v) is 14.1. The number of aromatic amines is 1. The number of aromatic nitrogens is 4. The van der Waals surface area contributed by atoms with E-state index in [0.717, 1.165) is 48.6 Å². The average molecular weight is 333 g/mol. The molecule has 1 fully saturated rings. The number of aryl methyl sites for hydroxylation is 2. The maximum Gasteiger partial charge on any atom is 0.272 e. The lowest BCUT2D eigenvalue weighted by Crippen LogP contribution is -2.51. The summed E-state index contributed by atoms with van der Waals surface area (Å²) in [6.07, 6.45) is 5.61. The van der Waals surface area contributed by atoms with E-state index in [1.165, 1.54) is 5.56 Å². The lowest BCUT2D eigenvalue weighted by molar-refractivity contribution is 0.0510. The number of carbonyl (C=O) groups is 1. The minimum atomic E-state index is 0.0575. The average Bonchev–Trinajstić information content (AvgIpc) is 3.20. The van der Waals surface area contributed by atoms with Gasteiger partial charge in [0.15, 0.2) is 0 Å². The van der Waals surface area contributed by atoms with Gasteiger partial charge >= 0.3 is 0 Å². The molecule has 0 spiro atoms. The first-order chi connectivity index (χ1) is 12.2. The minimum absolute atomic E-state index is 0.0575. The number of rotatable bonds is 2. The van der Waals surface area contributed by atoms with Crippen LogP contribution in [0.5, 0.6) is 0 Å². The molecule has 126 valence electrons. The topological polar surface area (TPSA) is 66.8 Å². The van der Waals surface area contributed by atoms with Gasteiger partial charge in [-0.2, -0.15) is 5.10 Å². The Labute approximate surface area is 145 Å². The van der Waals surface area contributed by atoms with Gasteiger partial charge in [-0.3, -0.25) is 9.89 Å². The molecule has 2 aromatic heterocycles. The van der Waals surface area contributed by atoms with Crippen molar-refractivity contribution in [1.29, 1.82) is 0 Å².